The number of rotatable bonds is 6. The molecular formula is C19H20FNO4. The van der Waals surface area contributed by atoms with E-state index >= 15 is 0 Å². The van der Waals surface area contributed by atoms with Gasteiger partial charge in [-0.1, -0.05) is 12.1 Å². The lowest BCUT2D eigenvalue weighted by atomic mass is 10.2. The maximum atomic E-state index is 13.2. The molecule has 0 N–H and O–H groups in total. The van der Waals surface area contributed by atoms with Crippen LogP contribution in [-0.2, 0) is 16.1 Å². The quantitative estimate of drug-likeness (QED) is 0.755. The maximum Gasteiger partial charge on any atom is 0.337 e. The van der Waals surface area contributed by atoms with Gasteiger partial charge in [0.2, 0.25) is 0 Å². The number of ether oxygens (including phenoxy) is 2. The zero-order valence-electron chi connectivity index (χ0n) is 14.4. The van der Waals surface area contributed by atoms with Crippen molar-refractivity contribution in [3.63, 3.8) is 0 Å². The van der Waals surface area contributed by atoms with Crippen LogP contribution in [0.2, 0.25) is 0 Å². The number of carbonyl (C=O) groups is 2. The molecule has 0 aliphatic carbocycles. The Morgan fingerprint density at radius 1 is 1.16 bits per heavy atom. The van der Waals surface area contributed by atoms with E-state index in [9.17, 15) is 14.0 Å². The lowest BCUT2D eigenvalue weighted by molar-refractivity contribution is -0.137. The summed E-state index contributed by atoms with van der Waals surface area (Å²) in [4.78, 5) is 25.3. The molecule has 1 atom stereocenters. The summed E-state index contributed by atoms with van der Waals surface area (Å²) in [6, 6.07) is 12.4. The predicted molar refractivity (Wildman–Crippen MR) is 90.7 cm³/mol. The lowest BCUT2D eigenvalue weighted by Gasteiger charge is -2.22. The number of halogens is 1. The van der Waals surface area contributed by atoms with Gasteiger partial charge in [-0.25, -0.2) is 9.18 Å². The Morgan fingerprint density at radius 3 is 2.44 bits per heavy atom. The summed E-state index contributed by atoms with van der Waals surface area (Å²) in [6.07, 6.45) is -0.720. The molecule has 25 heavy (non-hydrogen) atoms. The summed E-state index contributed by atoms with van der Waals surface area (Å²) in [7, 11) is 2.94. The zero-order valence-corrected chi connectivity index (χ0v) is 14.4. The van der Waals surface area contributed by atoms with E-state index in [1.807, 2.05) is 0 Å². The van der Waals surface area contributed by atoms with Crippen LogP contribution in [0.15, 0.2) is 48.5 Å². The van der Waals surface area contributed by atoms with Gasteiger partial charge in [0.15, 0.2) is 6.10 Å². The molecule has 2 aromatic carbocycles. The number of hydrogen-bond donors (Lipinski definition) is 0. The van der Waals surface area contributed by atoms with Gasteiger partial charge in [0.05, 0.1) is 12.7 Å². The fourth-order valence-electron chi connectivity index (χ4n) is 2.34. The number of esters is 1. The first-order chi connectivity index (χ1) is 11.9. The van der Waals surface area contributed by atoms with Crippen LogP contribution in [0, 0.1) is 5.82 Å². The van der Waals surface area contributed by atoms with Crippen molar-refractivity contribution in [1.82, 2.24) is 4.90 Å². The van der Waals surface area contributed by atoms with E-state index in [0.717, 1.165) is 0 Å². The zero-order chi connectivity index (χ0) is 18.4. The van der Waals surface area contributed by atoms with Gasteiger partial charge in [-0.3, -0.25) is 4.79 Å². The number of hydrogen-bond acceptors (Lipinski definition) is 4. The molecule has 0 bridgehead atoms. The van der Waals surface area contributed by atoms with Gasteiger partial charge in [0.1, 0.15) is 11.6 Å². The Balaban J connectivity index is 1.96. The maximum absolute atomic E-state index is 13.2. The Morgan fingerprint density at radius 2 is 1.84 bits per heavy atom. The number of amides is 1. The highest BCUT2D eigenvalue weighted by atomic mass is 19.1. The van der Waals surface area contributed by atoms with Gasteiger partial charge >= 0.3 is 5.97 Å². The topological polar surface area (TPSA) is 55.8 Å². The summed E-state index contributed by atoms with van der Waals surface area (Å²) < 4.78 is 23.5. The van der Waals surface area contributed by atoms with Crippen LogP contribution in [0.1, 0.15) is 22.8 Å². The number of nitrogens with zero attached hydrogens (tertiary/aromatic N) is 1. The molecule has 0 radical (unpaired) electrons. The SMILES string of the molecule is COC(=O)c1ccc(O[C@@H](C)C(=O)N(C)Cc2cccc(F)c2)cc1. The summed E-state index contributed by atoms with van der Waals surface area (Å²) in [5, 5.41) is 0. The first kappa shape index (κ1) is 18.4. The van der Waals surface area contributed by atoms with Crippen molar-refractivity contribution in [3.05, 3.63) is 65.5 Å². The minimum absolute atomic E-state index is 0.235. The molecule has 0 fully saturated rings. The fraction of sp³-hybridized carbons (Fsp3) is 0.263. The second-order valence-corrected chi connectivity index (χ2v) is 5.60. The van der Waals surface area contributed by atoms with Crippen LogP contribution in [0.5, 0.6) is 5.75 Å². The highest BCUT2D eigenvalue weighted by Gasteiger charge is 2.19. The number of carbonyl (C=O) groups excluding carboxylic acids is 2. The molecule has 5 nitrogen and oxygen atoms in total. The van der Waals surface area contributed by atoms with E-state index in [-0.39, 0.29) is 18.3 Å². The summed E-state index contributed by atoms with van der Waals surface area (Å²) in [5.74, 6) is -0.548. The first-order valence-corrected chi connectivity index (χ1v) is 7.75. The van der Waals surface area contributed by atoms with Crippen molar-refractivity contribution in [1.29, 1.82) is 0 Å². The second-order valence-electron chi connectivity index (χ2n) is 5.60. The Kier molecular flexibility index (Phi) is 6.11. The highest BCUT2D eigenvalue weighted by molar-refractivity contribution is 5.89. The fourth-order valence-corrected chi connectivity index (χ4v) is 2.34. The third-order valence-corrected chi connectivity index (χ3v) is 3.62. The molecule has 0 unspecified atom stereocenters. The summed E-state index contributed by atoms with van der Waals surface area (Å²) in [5.41, 5.74) is 1.10. The molecule has 0 aromatic heterocycles. The highest BCUT2D eigenvalue weighted by Crippen LogP contribution is 2.16. The Labute approximate surface area is 146 Å². The average Bonchev–Trinajstić information content (AvgIpc) is 2.61. The third kappa shape index (κ3) is 5.04. The van der Waals surface area contributed by atoms with E-state index in [4.69, 9.17) is 4.74 Å². The van der Waals surface area contributed by atoms with Crippen molar-refractivity contribution < 1.29 is 23.5 Å². The van der Waals surface area contributed by atoms with E-state index in [1.54, 1.807) is 50.4 Å². The van der Waals surface area contributed by atoms with Crippen molar-refractivity contribution >= 4 is 11.9 Å². The van der Waals surface area contributed by atoms with Gasteiger partial charge in [-0.2, -0.15) is 0 Å². The van der Waals surface area contributed by atoms with E-state index < -0.39 is 12.1 Å². The van der Waals surface area contributed by atoms with E-state index in [0.29, 0.717) is 16.9 Å². The van der Waals surface area contributed by atoms with Crippen molar-refractivity contribution in [2.45, 2.75) is 19.6 Å². The van der Waals surface area contributed by atoms with Gasteiger partial charge in [0.25, 0.3) is 5.91 Å². The van der Waals surface area contributed by atoms with Gasteiger partial charge in [-0.05, 0) is 48.9 Å². The molecule has 6 heteroatoms. The number of methoxy groups -OCH3 is 1. The van der Waals surface area contributed by atoms with Crippen LogP contribution < -0.4 is 4.74 Å². The van der Waals surface area contributed by atoms with Gasteiger partial charge < -0.3 is 14.4 Å². The van der Waals surface area contributed by atoms with Gasteiger partial charge in [0, 0.05) is 13.6 Å². The van der Waals surface area contributed by atoms with Crippen molar-refractivity contribution in [3.8, 4) is 5.75 Å². The molecule has 1 amide bonds. The minimum atomic E-state index is -0.720. The molecule has 132 valence electrons. The molecule has 0 aliphatic rings. The Hall–Kier alpha value is -2.89. The monoisotopic (exact) mass is 345 g/mol. The number of benzene rings is 2. The molecule has 0 saturated heterocycles. The lowest BCUT2D eigenvalue weighted by Crippen LogP contribution is -2.37. The largest absolute Gasteiger partial charge is 0.481 e. The molecule has 0 aliphatic heterocycles. The summed E-state index contributed by atoms with van der Waals surface area (Å²) >= 11 is 0. The van der Waals surface area contributed by atoms with Crippen LogP contribution in [0.25, 0.3) is 0 Å². The molecule has 2 rings (SSSR count). The molecule has 0 saturated carbocycles. The molecule has 0 spiro atoms. The molecule has 0 heterocycles. The second kappa shape index (κ2) is 8.28. The number of likely N-dealkylation sites (N-methyl/N-ethyl adjacent to an activating group) is 1. The Bertz CT molecular complexity index is 745. The first-order valence-electron chi connectivity index (χ1n) is 7.75. The van der Waals surface area contributed by atoms with Gasteiger partial charge in [-0.15, -0.1) is 0 Å². The van der Waals surface area contributed by atoms with Crippen LogP contribution >= 0.6 is 0 Å². The van der Waals surface area contributed by atoms with Crippen LogP contribution in [-0.4, -0.2) is 37.0 Å². The van der Waals surface area contributed by atoms with Crippen molar-refractivity contribution in [2.24, 2.45) is 0 Å². The summed E-state index contributed by atoms with van der Waals surface area (Å²) in [6.45, 7) is 1.92. The predicted octanol–water partition coefficient (Wildman–Crippen LogP) is 3.04. The molecule has 2 aromatic rings. The minimum Gasteiger partial charge on any atom is -0.481 e. The van der Waals surface area contributed by atoms with E-state index in [1.165, 1.54) is 24.1 Å². The smallest absolute Gasteiger partial charge is 0.337 e. The van der Waals surface area contributed by atoms with Crippen LogP contribution in [0.4, 0.5) is 4.39 Å². The average molecular weight is 345 g/mol. The standard InChI is InChI=1S/C19H20FNO4/c1-13(25-17-9-7-15(8-10-17)19(23)24-3)18(22)21(2)12-14-5-4-6-16(20)11-14/h4-11,13H,12H2,1-3H3/t13-/m0/s1. The third-order valence-electron chi connectivity index (χ3n) is 3.62. The van der Waals surface area contributed by atoms with Crippen LogP contribution in [0.3, 0.4) is 0 Å². The molecular weight excluding hydrogens is 325 g/mol. The normalized spacial score (nSPS) is 11.5. The van der Waals surface area contributed by atoms with Crippen molar-refractivity contribution in [2.75, 3.05) is 14.2 Å². The van der Waals surface area contributed by atoms with E-state index in [2.05, 4.69) is 4.74 Å².